The maximum atomic E-state index is 8.72. The third-order valence-corrected chi connectivity index (χ3v) is 7.16. The van der Waals surface area contributed by atoms with E-state index in [4.69, 9.17) is 11.3 Å². The van der Waals surface area contributed by atoms with Crippen molar-refractivity contribution in [2.24, 2.45) is 0 Å². The molecule has 190 valence electrons. The summed E-state index contributed by atoms with van der Waals surface area (Å²) in [5, 5.41) is 1.68. The molecule has 0 amide bonds. The molecule has 5 rings (SSSR count). The molecule has 0 fully saturated rings. The molecule has 1 heterocycles. The normalized spacial score (nSPS) is 14.9. The number of fused-ring (bicyclic) bond motifs is 3. The van der Waals surface area contributed by atoms with Crippen LogP contribution in [0, 0.1) is 0 Å². The van der Waals surface area contributed by atoms with Gasteiger partial charge < -0.3 is 4.42 Å². The minimum absolute atomic E-state index is 0.0431. The Morgan fingerprint density at radius 1 is 0.568 bits per heavy atom. The van der Waals surface area contributed by atoms with Crippen molar-refractivity contribution in [2.45, 2.75) is 78.6 Å². The van der Waals surface area contributed by atoms with E-state index >= 15 is 0 Å². The van der Waals surface area contributed by atoms with Crippen molar-refractivity contribution in [3.05, 3.63) is 95.4 Å². The lowest BCUT2D eigenvalue weighted by Gasteiger charge is -2.29. The zero-order valence-corrected chi connectivity index (χ0v) is 23.5. The Morgan fingerprint density at radius 2 is 1.16 bits per heavy atom. The van der Waals surface area contributed by atoms with Gasteiger partial charge in [0.2, 0.25) is 0 Å². The highest BCUT2D eigenvalue weighted by Crippen LogP contribution is 2.46. The minimum Gasteiger partial charge on any atom is -0.456 e. The highest BCUT2D eigenvalue weighted by atomic mass is 16.3. The van der Waals surface area contributed by atoms with Gasteiger partial charge in [-0.3, -0.25) is 0 Å². The zero-order valence-electron chi connectivity index (χ0n) is 28.5. The first-order valence-electron chi connectivity index (χ1n) is 15.5. The summed E-state index contributed by atoms with van der Waals surface area (Å²) in [6.07, 6.45) is 0. The molecule has 0 unspecified atom stereocenters. The Hall–Kier alpha value is -3.32. The van der Waals surface area contributed by atoms with E-state index in [9.17, 15) is 0 Å². The molecule has 4 aromatic carbocycles. The molecule has 0 bridgehead atoms. The lowest BCUT2D eigenvalue weighted by molar-refractivity contribution is 0.568. The summed E-state index contributed by atoms with van der Waals surface area (Å²) in [6.45, 7) is 20.0. The van der Waals surface area contributed by atoms with Gasteiger partial charge >= 0.3 is 0 Å². The second-order valence-corrected chi connectivity index (χ2v) is 13.2. The first kappa shape index (κ1) is 19.7. The van der Waals surface area contributed by atoms with Crippen LogP contribution in [0.4, 0.5) is 0 Å². The van der Waals surface area contributed by atoms with E-state index in [-0.39, 0.29) is 46.0 Å². The first-order valence-corrected chi connectivity index (χ1v) is 13.0. The quantitative estimate of drug-likeness (QED) is 0.238. The average molecular weight is 494 g/mol. The fourth-order valence-corrected chi connectivity index (χ4v) is 5.17. The van der Waals surface area contributed by atoms with Gasteiger partial charge in [0, 0.05) is 10.8 Å². The van der Waals surface area contributed by atoms with Crippen LogP contribution >= 0.6 is 0 Å². The van der Waals surface area contributed by atoms with Crippen molar-refractivity contribution >= 4 is 21.9 Å². The minimum atomic E-state index is -0.399. The van der Waals surface area contributed by atoms with E-state index in [1.54, 1.807) is 0 Å². The molecule has 0 saturated carbocycles. The van der Waals surface area contributed by atoms with Crippen molar-refractivity contribution < 1.29 is 11.3 Å². The summed E-state index contributed by atoms with van der Waals surface area (Å²) in [5.41, 5.74) is 7.56. The van der Waals surface area contributed by atoms with E-state index in [0.29, 0.717) is 16.7 Å². The molecule has 0 N–H and O–H groups in total. The standard InChI is InChI=1S/C36H40O/c1-34(2,3)25-20-24(21-26(22-25)35(4,5)6)28-18-19-30-32(33(28)36(7,8)9)31-27(16-13-17-29(31)37-30)23-14-11-10-12-15-23/h10-22H,1-9H3/i10D,11D,12D,14D,15D. The highest BCUT2D eigenvalue weighted by molar-refractivity contribution is 6.15. The summed E-state index contributed by atoms with van der Waals surface area (Å²) in [4.78, 5) is 0. The lowest BCUT2D eigenvalue weighted by Crippen LogP contribution is -2.17. The van der Waals surface area contributed by atoms with Gasteiger partial charge in [-0.15, -0.1) is 0 Å². The van der Waals surface area contributed by atoms with Gasteiger partial charge in [-0.2, -0.15) is 0 Å². The Morgan fingerprint density at radius 3 is 1.73 bits per heavy atom. The molecular formula is C36H40O. The van der Waals surface area contributed by atoms with Crippen molar-refractivity contribution in [3.8, 4) is 22.3 Å². The van der Waals surface area contributed by atoms with Crippen LogP contribution in [0.2, 0.25) is 0 Å². The van der Waals surface area contributed by atoms with Crippen LogP contribution < -0.4 is 0 Å². The van der Waals surface area contributed by atoms with Crippen LogP contribution in [0.1, 0.15) is 85.9 Å². The van der Waals surface area contributed by atoms with Crippen LogP contribution in [0.15, 0.2) is 83.2 Å². The van der Waals surface area contributed by atoms with E-state index in [1.165, 1.54) is 11.1 Å². The van der Waals surface area contributed by atoms with Gasteiger partial charge in [0.25, 0.3) is 0 Å². The molecule has 0 spiro atoms. The van der Waals surface area contributed by atoms with Gasteiger partial charge in [0.1, 0.15) is 11.2 Å². The maximum Gasteiger partial charge on any atom is 0.136 e. The van der Waals surface area contributed by atoms with Crippen LogP contribution in [-0.4, -0.2) is 0 Å². The average Bonchev–Trinajstić information content (AvgIpc) is 3.28. The molecule has 5 aromatic rings. The monoisotopic (exact) mass is 493 g/mol. The summed E-state index contributed by atoms with van der Waals surface area (Å²) in [5.74, 6) is 0. The Kier molecular flexibility index (Phi) is 4.60. The number of furan rings is 1. The van der Waals surface area contributed by atoms with Gasteiger partial charge in [-0.25, -0.2) is 0 Å². The second kappa shape index (κ2) is 8.62. The predicted molar refractivity (Wildman–Crippen MR) is 161 cm³/mol. The summed E-state index contributed by atoms with van der Waals surface area (Å²) < 4.78 is 48.6. The fraction of sp³-hybridized carbons (Fsp3) is 0.333. The topological polar surface area (TPSA) is 13.1 Å². The van der Waals surface area contributed by atoms with Gasteiger partial charge in [0.05, 0.1) is 6.85 Å². The van der Waals surface area contributed by atoms with Crippen molar-refractivity contribution in [1.29, 1.82) is 0 Å². The third kappa shape index (κ3) is 4.61. The number of rotatable bonds is 2. The van der Waals surface area contributed by atoms with E-state index < -0.39 is 6.04 Å². The molecule has 0 aliphatic rings. The Labute approximate surface area is 229 Å². The number of hydrogen-bond acceptors (Lipinski definition) is 1. The van der Waals surface area contributed by atoms with Crippen LogP contribution in [0.25, 0.3) is 44.2 Å². The maximum absolute atomic E-state index is 8.72. The van der Waals surface area contributed by atoms with Crippen molar-refractivity contribution in [2.75, 3.05) is 0 Å². The Bertz CT molecular complexity index is 1810. The second-order valence-electron chi connectivity index (χ2n) is 13.2. The molecule has 0 atom stereocenters. The van der Waals surface area contributed by atoms with Crippen molar-refractivity contribution in [3.63, 3.8) is 0 Å². The molecule has 0 radical (unpaired) electrons. The number of benzene rings is 4. The molecule has 1 nitrogen and oxygen atoms in total. The van der Waals surface area contributed by atoms with Crippen molar-refractivity contribution in [1.82, 2.24) is 0 Å². The van der Waals surface area contributed by atoms with Crippen LogP contribution in [-0.2, 0) is 16.2 Å². The summed E-state index contributed by atoms with van der Waals surface area (Å²) >= 11 is 0. The predicted octanol–water partition coefficient (Wildman–Crippen LogP) is 10.8. The summed E-state index contributed by atoms with van der Waals surface area (Å²) in [6, 6.07) is 15.1. The molecular weight excluding hydrogens is 448 g/mol. The zero-order chi connectivity index (χ0) is 31.1. The fourth-order valence-electron chi connectivity index (χ4n) is 5.17. The van der Waals surface area contributed by atoms with E-state index in [2.05, 4.69) is 86.6 Å². The van der Waals surface area contributed by atoms with Gasteiger partial charge in [-0.05, 0) is 67.3 Å². The van der Waals surface area contributed by atoms with Crippen LogP contribution in [0.3, 0.4) is 0 Å². The summed E-state index contributed by atoms with van der Waals surface area (Å²) in [7, 11) is 0. The lowest BCUT2D eigenvalue weighted by atomic mass is 9.75. The highest BCUT2D eigenvalue weighted by Gasteiger charge is 2.28. The first-order chi connectivity index (χ1) is 19.3. The van der Waals surface area contributed by atoms with Gasteiger partial charge in [0.15, 0.2) is 0 Å². The third-order valence-electron chi connectivity index (χ3n) is 7.16. The largest absolute Gasteiger partial charge is 0.456 e. The van der Waals surface area contributed by atoms with Gasteiger partial charge in [-0.1, -0.05) is 129 Å². The molecule has 1 heteroatoms. The van der Waals surface area contributed by atoms with E-state index in [1.807, 2.05) is 24.3 Å². The molecule has 0 saturated heterocycles. The molecule has 0 aliphatic carbocycles. The Balaban J connectivity index is 1.97. The molecule has 0 aliphatic heterocycles. The SMILES string of the molecule is [2H]c1c([2H])c([2H])c(-c2cccc3oc4ccc(-c5cc(C(C)(C)C)cc(C(C)(C)C)c5)c(C(C)(C)C)c4c23)c([2H])c1[2H]. The van der Waals surface area contributed by atoms with Crippen LogP contribution in [0.5, 0.6) is 0 Å². The smallest absolute Gasteiger partial charge is 0.136 e. The van der Waals surface area contributed by atoms with E-state index in [0.717, 1.165) is 27.5 Å². The molecule has 1 aromatic heterocycles. The molecule has 37 heavy (non-hydrogen) atoms. The number of hydrogen-bond donors (Lipinski definition) is 0.